The van der Waals surface area contributed by atoms with Crippen molar-refractivity contribution >= 4 is 21.4 Å². The molecular weight excluding hydrogens is 313 g/mol. The van der Waals surface area contributed by atoms with E-state index in [4.69, 9.17) is 11.6 Å². The zero-order valence-electron chi connectivity index (χ0n) is 11.4. The molecule has 0 saturated heterocycles. The largest absolute Gasteiger partial charge is 0.312 e. The van der Waals surface area contributed by atoms with E-state index >= 15 is 0 Å². The SMILES string of the molecule is CNC(CS(=O)(=O)c1ccc(F)c(Cl)c1)c1ccccc1. The molecule has 1 atom stereocenters. The summed E-state index contributed by atoms with van der Waals surface area (Å²) in [6, 6.07) is 12.4. The standard InChI is InChI=1S/C15H15ClFNO2S/c1-18-15(11-5-3-2-4-6-11)10-21(19,20)12-7-8-14(17)13(16)9-12/h2-9,15,18H,10H2,1H3. The molecule has 112 valence electrons. The number of hydrogen-bond donors (Lipinski definition) is 1. The molecule has 0 aromatic heterocycles. The van der Waals surface area contributed by atoms with Crippen molar-refractivity contribution < 1.29 is 12.8 Å². The van der Waals surface area contributed by atoms with Gasteiger partial charge in [0.2, 0.25) is 0 Å². The van der Waals surface area contributed by atoms with Crippen LogP contribution >= 0.6 is 11.6 Å². The number of benzene rings is 2. The highest BCUT2D eigenvalue weighted by Gasteiger charge is 2.22. The van der Waals surface area contributed by atoms with Gasteiger partial charge >= 0.3 is 0 Å². The van der Waals surface area contributed by atoms with Crippen LogP contribution in [0.4, 0.5) is 4.39 Å². The average Bonchev–Trinajstić information content (AvgIpc) is 2.48. The summed E-state index contributed by atoms with van der Waals surface area (Å²) in [7, 11) is -1.87. The average molecular weight is 328 g/mol. The van der Waals surface area contributed by atoms with Crippen LogP contribution in [-0.2, 0) is 9.84 Å². The van der Waals surface area contributed by atoms with Crippen LogP contribution in [0.2, 0.25) is 5.02 Å². The second-order valence-corrected chi connectivity index (χ2v) is 7.05. The molecule has 2 rings (SSSR count). The molecule has 2 aromatic rings. The highest BCUT2D eigenvalue weighted by atomic mass is 35.5. The maximum Gasteiger partial charge on any atom is 0.180 e. The number of sulfone groups is 1. The van der Waals surface area contributed by atoms with E-state index < -0.39 is 15.7 Å². The smallest absolute Gasteiger partial charge is 0.180 e. The Hall–Kier alpha value is -1.43. The van der Waals surface area contributed by atoms with Gasteiger partial charge in [0, 0.05) is 6.04 Å². The first-order valence-electron chi connectivity index (χ1n) is 6.34. The second kappa shape index (κ2) is 6.56. The van der Waals surface area contributed by atoms with Crippen molar-refractivity contribution in [2.24, 2.45) is 0 Å². The van der Waals surface area contributed by atoms with E-state index in [2.05, 4.69) is 5.32 Å². The summed E-state index contributed by atoms with van der Waals surface area (Å²) < 4.78 is 38.0. The van der Waals surface area contributed by atoms with Crippen LogP contribution in [0.15, 0.2) is 53.4 Å². The van der Waals surface area contributed by atoms with Crippen molar-refractivity contribution in [2.45, 2.75) is 10.9 Å². The van der Waals surface area contributed by atoms with Gasteiger partial charge in [0.25, 0.3) is 0 Å². The third-order valence-corrected chi connectivity index (χ3v) is 5.22. The molecule has 1 unspecified atom stereocenters. The fraction of sp³-hybridized carbons (Fsp3) is 0.200. The molecule has 0 aliphatic carbocycles. The lowest BCUT2D eigenvalue weighted by Crippen LogP contribution is -2.25. The number of nitrogens with one attached hydrogen (secondary N) is 1. The molecule has 0 amide bonds. The molecule has 0 aliphatic heterocycles. The molecule has 2 aromatic carbocycles. The van der Waals surface area contributed by atoms with Crippen LogP contribution in [0.3, 0.4) is 0 Å². The lowest BCUT2D eigenvalue weighted by molar-refractivity contribution is 0.573. The first-order chi connectivity index (χ1) is 9.94. The maximum absolute atomic E-state index is 13.1. The molecular formula is C15H15ClFNO2S. The summed E-state index contributed by atoms with van der Waals surface area (Å²) in [5, 5.41) is 2.79. The second-order valence-electron chi connectivity index (χ2n) is 4.61. The molecule has 0 fully saturated rings. The fourth-order valence-electron chi connectivity index (χ4n) is 2.02. The van der Waals surface area contributed by atoms with Crippen LogP contribution < -0.4 is 5.32 Å². The van der Waals surface area contributed by atoms with E-state index in [9.17, 15) is 12.8 Å². The molecule has 0 aliphatic rings. The van der Waals surface area contributed by atoms with E-state index in [0.717, 1.165) is 17.7 Å². The Balaban J connectivity index is 2.29. The van der Waals surface area contributed by atoms with Crippen LogP contribution in [0, 0.1) is 5.82 Å². The molecule has 0 radical (unpaired) electrons. The van der Waals surface area contributed by atoms with Gasteiger partial charge in [-0.15, -0.1) is 0 Å². The molecule has 0 heterocycles. The minimum Gasteiger partial charge on any atom is -0.312 e. The summed E-state index contributed by atoms with van der Waals surface area (Å²) in [6.45, 7) is 0. The van der Waals surface area contributed by atoms with Gasteiger partial charge in [-0.25, -0.2) is 12.8 Å². The summed E-state index contributed by atoms with van der Waals surface area (Å²) in [6.07, 6.45) is 0. The van der Waals surface area contributed by atoms with Gasteiger partial charge in [-0.1, -0.05) is 41.9 Å². The van der Waals surface area contributed by atoms with Crippen LogP contribution in [0.1, 0.15) is 11.6 Å². The number of halogens is 2. The van der Waals surface area contributed by atoms with Gasteiger partial charge in [-0.2, -0.15) is 0 Å². The summed E-state index contributed by atoms with van der Waals surface area (Å²) in [4.78, 5) is 0.0186. The van der Waals surface area contributed by atoms with E-state index in [0.29, 0.717) is 0 Å². The lowest BCUT2D eigenvalue weighted by atomic mass is 10.1. The van der Waals surface area contributed by atoms with Gasteiger partial charge in [-0.3, -0.25) is 0 Å². The van der Waals surface area contributed by atoms with E-state index in [1.807, 2.05) is 30.3 Å². The van der Waals surface area contributed by atoms with E-state index in [1.165, 1.54) is 6.07 Å². The third-order valence-electron chi connectivity index (χ3n) is 3.19. The van der Waals surface area contributed by atoms with Gasteiger partial charge in [0.15, 0.2) is 9.84 Å². The molecule has 6 heteroatoms. The van der Waals surface area contributed by atoms with Gasteiger partial charge < -0.3 is 5.32 Å². The van der Waals surface area contributed by atoms with Gasteiger partial charge in [0.05, 0.1) is 15.7 Å². The van der Waals surface area contributed by atoms with Crippen molar-refractivity contribution in [3.05, 3.63) is 64.9 Å². The van der Waals surface area contributed by atoms with Crippen molar-refractivity contribution in [3.63, 3.8) is 0 Å². The predicted molar refractivity (Wildman–Crippen MR) is 81.7 cm³/mol. The van der Waals surface area contributed by atoms with E-state index in [1.54, 1.807) is 7.05 Å². The monoisotopic (exact) mass is 327 g/mol. The van der Waals surface area contributed by atoms with Gasteiger partial charge in [-0.05, 0) is 30.8 Å². The number of hydrogen-bond acceptors (Lipinski definition) is 3. The Kier molecular flexibility index (Phi) is 4.98. The molecule has 0 spiro atoms. The minimum absolute atomic E-state index is 0.0186. The molecule has 0 saturated carbocycles. The third kappa shape index (κ3) is 3.81. The quantitative estimate of drug-likeness (QED) is 0.858. The first kappa shape index (κ1) is 15.9. The van der Waals surface area contributed by atoms with Crippen LogP contribution in [0.5, 0.6) is 0 Å². The topological polar surface area (TPSA) is 46.2 Å². The zero-order chi connectivity index (χ0) is 15.5. The Morgan fingerprint density at radius 2 is 1.86 bits per heavy atom. The Morgan fingerprint density at radius 1 is 1.19 bits per heavy atom. The van der Waals surface area contributed by atoms with Crippen molar-refractivity contribution in [1.82, 2.24) is 5.32 Å². The summed E-state index contributed by atoms with van der Waals surface area (Å²) in [5.74, 6) is -0.765. The fourth-order valence-corrected chi connectivity index (χ4v) is 3.83. The van der Waals surface area contributed by atoms with Crippen molar-refractivity contribution in [3.8, 4) is 0 Å². The summed E-state index contributed by atoms with van der Waals surface area (Å²) >= 11 is 5.65. The highest BCUT2D eigenvalue weighted by Crippen LogP contribution is 2.23. The van der Waals surface area contributed by atoms with Crippen LogP contribution in [0.25, 0.3) is 0 Å². The lowest BCUT2D eigenvalue weighted by Gasteiger charge is -2.17. The Bertz CT molecular complexity index is 720. The maximum atomic E-state index is 13.1. The highest BCUT2D eigenvalue weighted by molar-refractivity contribution is 7.91. The molecule has 0 bridgehead atoms. The first-order valence-corrected chi connectivity index (χ1v) is 8.37. The van der Waals surface area contributed by atoms with Crippen LogP contribution in [-0.4, -0.2) is 21.2 Å². The molecule has 21 heavy (non-hydrogen) atoms. The van der Waals surface area contributed by atoms with Gasteiger partial charge in [0.1, 0.15) is 5.82 Å². The normalized spacial score (nSPS) is 13.1. The predicted octanol–water partition coefficient (Wildman–Crippen LogP) is 3.21. The molecule has 1 N–H and O–H groups in total. The van der Waals surface area contributed by atoms with Crippen molar-refractivity contribution in [2.75, 3.05) is 12.8 Å². The number of rotatable bonds is 5. The van der Waals surface area contributed by atoms with E-state index in [-0.39, 0.29) is 21.7 Å². The molecule has 3 nitrogen and oxygen atoms in total. The zero-order valence-corrected chi connectivity index (χ0v) is 13.0. The van der Waals surface area contributed by atoms with Crippen molar-refractivity contribution in [1.29, 1.82) is 0 Å². The minimum atomic E-state index is -3.57. The Morgan fingerprint density at radius 3 is 2.43 bits per heavy atom. The Labute approximate surface area is 128 Å². The summed E-state index contributed by atoms with van der Waals surface area (Å²) in [5.41, 5.74) is 0.872.